The number of aliphatic hydroxyl groups excluding tert-OH is 1. The molecular weight excluding hydrogens is 448 g/mol. The molecule has 6 nitrogen and oxygen atoms in total. The van der Waals surface area contributed by atoms with Crippen molar-refractivity contribution >= 4 is 17.7 Å². The van der Waals surface area contributed by atoms with Crippen LogP contribution in [0.2, 0.25) is 0 Å². The number of carbonyl (C=O) groups is 1. The van der Waals surface area contributed by atoms with Crippen LogP contribution in [-0.4, -0.2) is 26.8 Å². The Morgan fingerprint density at radius 1 is 0.882 bits per heavy atom. The molecule has 0 radical (unpaired) electrons. The van der Waals surface area contributed by atoms with Crippen LogP contribution in [0.5, 0.6) is 11.5 Å². The summed E-state index contributed by atoms with van der Waals surface area (Å²) in [4.78, 5) is 21.3. The van der Waals surface area contributed by atoms with Gasteiger partial charge in [-0.2, -0.15) is 0 Å². The van der Waals surface area contributed by atoms with Crippen LogP contribution in [0.4, 0.5) is 0 Å². The van der Waals surface area contributed by atoms with Gasteiger partial charge in [0.15, 0.2) is 0 Å². The van der Waals surface area contributed by atoms with E-state index in [1.807, 2.05) is 72.8 Å². The topological polar surface area (TPSA) is 81.5 Å². The summed E-state index contributed by atoms with van der Waals surface area (Å²) in [5, 5.41) is 11.7. The molecule has 4 rings (SSSR count). The van der Waals surface area contributed by atoms with Gasteiger partial charge >= 0.3 is 5.97 Å². The molecule has 0 aliphatic heterocycles. The lowest BCUT2D eigenvalue weighted by Crippen LogP contribution is -2.27. The molecular formula is C27H24N2O4S. The van der Waals surface area contributed by atoms with Crippen LogP contribution < -0.4 is 4.74 Å². The second kappa shape index (κ2) is 12.0. The predicted octanol–water partition coefficient (Wildman–Crippen LogP) is 5.45. The van der Waals surface area contributed by atoms with Gasteiger partial charge in [0.25, 0.3) is 0 Å². The molecule has 7 heteroatoms. The third kappa shape index (κ3) is 6.66. The lowest BCUT2D eigenvalue weighted by Gasteiger charge is -2.21. The SMILES string of the molecule is O=C(OCc1ccc(Oc2ccccc2)cc1)C(CSc1ccccn1)C(O)c1cccnc1. The van der Waals surface area contributed by atoms with Crippen LogP contribution in [0.1, 0.15) is 17.2 Å². The summed E-state index contributed by atoms with van der Waals surface area (Å²) in [7, 11) is 0. The maximum Gasteiger partial charge on any atom is 0.313 e. The number of ether oxygens (including phenoxy) is 2. The Hall–Kier alpha value is -3.68. The molecule has 0 fully saturated rings. The van der Waals surface area contributed by atoms with E-state index in [4.69, 9.17) is 9.47 Å². The van der Waals surface area contributed by atoms with E-state index in [2.05, 4.69) is 9.97 Å². The van der Waals surface area contributed by atoms with Crippen molar-refractivity contribution in [3.05, 3.63) is 115 Å². The molecule has 0 aliphatic carbocycles. The van der Waals surface area contributed by atoms with E-state index in [0.717, 1.165) is 16.3 Å². The van der Waals surface area contributed by atoms with Gasteiger partial charge in [0.1, 0.15) is 18.1 Å². The zero-order valence-electron chi connectivity index (χ0n) is 18.4. The van der Waals surface area contributed by atoms with Gasteiger partial charge in [-0.3, -0.25) is 9.78 Å². The summed E-state index contributed by atoms with van der Waals surface area (Å²) >= 11 is 1.40. The van der Waals surface area contributed by atoms with E-state index in [-0.39, 0.29) is 6.61 Å². The molecule has 2 heterocycles. The third-order valence-corrected chi connectivity index (χ3v) is 6.10. The van der Waals surface area contributed by atoms with Crippen LogP contribution in [-0.2, 0) is 16.1 Å². The molecule has 2 atom stereocenters. The van der Waals surface area contributed by atoms with Gasteiger partial charge in [0.2, 0.25) is 0 Å². The van der Waals surface area contributed by atoms with Gasteiger partial charge in [-0.1, -0.05) is 42.5 Å². The van der Waals surface area contributed by atoms with Gasteiger partial charge in [-0.05, 0) is 53.6 Å². The molecule has 0 spiro atoms. The summed E-state index contributed by atoms with van der Waals surface area (Å²) in [5.41, 5.74) is 1.38. The average molecular weight is 473 g/mol. The van der Waals surface area contributed by atoms with Crippen LogP contribution in [0, 0.1) is 5.92 Å². The van der Waals surface area contributed by atoms with E-state index >= 15 is 0 Å². The van der Waals surface area contributed by atoms with Crippen molar-refractivity contribution in [1.29, 1.82) is 0 Å². The largest absolute Gasteiger partial charge is 0.460 e. The van der Waals surface area contributed by atoms with Crippen molar-refractivity contribution < 1.29 is 19.4 Å². The molecule has 34 heavy (non-hydrogen) atoms. The Morgan fingerprint density at radius 3 is 2.35 bits per heavy atom. The number of para-hydroxylation sites is 1. The van der Waals surface area contributed by atoms with Gasteiger partial charge in [0, 0.05) is 24.3 Å². The van der Waals surface area contributed by atoms with E-state index in [0.29, 0.717) is 17.1 Å². The van der Waals surface area contributed by atoms with Crippen LogP contribution in [0.25, 0.3) is 0 Å². The van der Waals surface area contributed by atoms with Crippen molar-refractivity contribution in [2.45, 2.75) is 17.7 Å². The molecule has 2 aromatic carbocycles. The number of thioether (sulfide) groups is 1. The van der Waals surface area contributed by atoms with E-state index < -0.39 is 18.0 Å². The van der Waals surface area contributed by atoms with Crippen molar-refractivity contribution in [3.63, 3.8) is 0 Å². The average Bonchev–Trinajstić information content (AvgIpc) is 2.90. The first-order valence-electron chi connectivity index (χ1n) is 10.8. The van der Waals surface area contributed by atoms with Crippen molar-refractivity contribution in [2.24, 2.45) is 5.92 Å². The van der Waals surface area contributed by atoms with E-state index in [9.17, 15) is 9.90 Å². The number of rotatable bonds is 10. The molecule has 2 aromatic heterocycles. The number of benzene rings is 2. The Bertz CT molecular complexity index is 1160. The quantitative estimate of drug-likeness (QED) is 0.243. The van der Waals surface area contributed by atoms with Crippen LogP contribution in [0.3, 0.4) is 0 Å². The number of pyridine rings is 2. The maximum atomic E-state index is 13.0. The van der Waals surface area contributed by atoms with Gasteiger partial charge < -0.3 is 14.6 Å². The number of aromatic nitrogens is 2. The molecule has 0 aliphatic rings. The first-order chi connectivity index (χ1) is 16.7. The Labute approximate surface area is 202 Å². The fourth-order valence-electron chi connectivity index (χ4n) is 3.22. The fourth-order valence-corrected chi connectivity index (χ4v) is 4.20. The highest BCUT2D eigenvalue weighted by atomic mass is 32.2. The van der Waals surface area contributed by atoms with Gasteiger partial charge in [-0.15, -0.1) is 11.8 Å². The molecule has 0 bridgehead atoms. The molecule has 172 valence electrons. The maximum absolute atomic E-state index is 13.0. The number of hydrogen-bond acceptors (Lipinski definition) is 7. The Balaban J connectivity index is 1.39. The number of carbonyl (C=O) groups excluding carboxylic acids is 1. The first-order valence-corrected chi connectivity index (χ1v) is 11.8. The van der Waals surface area contributed by atoms with Crippen molar-refractivity contribution in [2.75, 3.05) is 5.75 Å². The molecule has 4 aromatic rings. The Morgan fingerprint density at radius 2 is 1.65 bits per heavy atom. The second-order valence-corrected chi connectivity index (χ2v) is 8.52. The monoisotopic (exact) mass is 472 g/mol. The molecule has 1 N–H and O–H groups in total. The van der Waals surface area contributed by atoms with E-state index in [1.165, 1.54) is 11.8 Å². The van der Waals surface area contributed by atoms with Crippen molar-refractivity contribution in [3.8, 4) is 11.5 Å². The highest BCUT2D eigenvalue weighted by Gasteiger charge is 2.30. The summed E-state index contributed by atoms with van der Waals surface area (Å²) in [5.74, 6) is 0.494. The van der Waals surface area contributed by atoms with Crippen LogP contribution >= 0.6 is 11.8 Å². The molecule has 2 unspecified atom stereocenters. The predicted molar refractivity (Wildman–Crippen MR) is 130 cm³/mol. The number of esters is 1. The first kappa shape index (κ1) is 23.5. The minimum Gasteiger partial charge on any atom is -0.460 e. The highest BCUT2D eigenvalue weighted by Crippen LogP contribution is 2.29. The fraction of sp³-hybridized carbons (Fsp3) is 0.148. The zero-order chi connectivity index (χ0) is 23.6. The van der Waals surface area contributed by atoms with Crippen LogP contribution in [0.15, 0.2) is 109 Å². The van der Waals surface area contributed by atoms with Crippen molar-refractivity contribution in [1.82, 2.24) is 9.97 Å². The minimum atomic E-state index is -1.04. The van der Waals surface area contributed by atoms with Gasteiger partial charge in [-0.25, -0.2) is 4.98 Å². The minimum absolute atomic E-state index is 0.0922. The molecule has 0 amide bonds. The summed E-state index contributed by atoms with van der Waals surface area (Å²) in [6, 6.07) is 25.9. The third-order valence-electron chi connectivity index (χ3n) is 5.04. The summed E-state index contributed by atoms with van der Waals surface area (Å²) < 4.78 is 11.4. The lowest BCUT2D eigenvalue weighted by atomic mass is 9.99. The summed E-state index contributed by atoms with van der Waals surface area (Å²) in [6.45, 7) is 0.0922. The normalized spacial score (nSPS) is 12.5. The van der Waals surface area contributed by atoms with E-state index in [1.54, 1.807) is 30.7 Å². The lowest BCUT2D eigenvalue weighted by molar-refractivity contribution is -0.153. The van der Waals surface area contributed by atoms with Gasteiger partial charge in [0.05, 0.1) is 17.0 Å². The number of nitrogens with zero attached hydrogens (tertiary/aromatic N) is 2. The number of aliphatic hydroxyl groups is 1. The number of hydrogen-bond donors (Lipinski definition) is 1. The summed E-state index contributed by atoms with van der Waals surface area (Å²) in [6.07, 6.45) is 3.83. The standard InChI is InChI=1S/C27H24N2O4S/c30-26(21-7-6-15-28-17-21)24(19-34-25-10-4-5-16-29-25)27(31)32-18-20-11-13-23(14-12-20)33-22-8-2-1-3-9-22/h1-17,24,26,30H,18-19H2. The molecule has 0 saturated carbocycles. The smallest absolute Gasteiger partial charge is 0.313 e. The molecule has 0 saturated heterocycles. The Kier molecular flexibility index (Phi) is 8.27. The zero-order valence-corrected chi connectivity index (χ0v) is 19.2. The second-order valence-electron chi connectivity index (χ2n) is 7.48. The highest BCUT2D eigenvalue weighted by molar-refractivity contribution is 7.99.